The predicted molar refractivity (Wildman–Crippen MR) is 77.2 cm³/mol. The van der Waals surface area contributed by atoms with E-state index in [-0.39, 0.29) is 5.75 Å². The minimum atomic E-state index is 0.118. The van der Waals surface area contributed by atoms with Crippen LogP contribution in [0.25, 0.3) is 5.65 Å². The van der Waals surface area contributed by atoms with Gasteiger partial charge in [0, 0.05) is 24.1 Å². The summed E-state index contributed by atoms with van der Waals surface area (Å²) < 4.78 is 6.98. The van der Waals surface area contributed by atoms with Crippen LogP contribution in [0.15, 0.2) is 48.8 Å². The molecule has 102 valence electrons. The highest BCUT2D eigenvalue weighted by Gasteiger charge is 2.04. The first-order chi connectivity index (χ1) is 9.76. The van der Waals surface area contributed by atoms with E-state index in [2.05, 4.69) is 10.3 Å². The van der Waals surface area contributed by atoms with Crippen molar-refractivity contribution < 1.29 is 9.84 Å². The number of aromatic nitrogens is 2. The van der Waals surface area contributed by atoms with Crippen LogP contribution in [0.3, 0.4) is 0 Å². The molecular formula is C15H15N3O2. The molecule has 0 aliphatic heterocycles. The first kappa shape index (κ1) is 12.3. The molecule has 2 aromatic heterocycles. The normalized spacial score (nSPS) is 10.7. The number of rotatable bonds is 4. The molecule has 5 heteroatoms. The van der Waals surface area contributed by atoms with Gasteiger partial charge < -0.3 is 19.6 Å². The number of imidazole rings is 1. The first-order valence-corrected chi connectivity index (χ1v) is 6.30. The zero-order chi connectivity index (χ0) is 13.9. The van der Waals surface area contributed by atoms with Crippen molar-refractivity contribution in [3.8, 4) is 11.5 Å². The van der Waals surface area contributed by atoms with Crippen molar-refractivity contribution in [2.24, 2.45) is 0 Å². The summed E-state index contributed by atoms with van der Waals surface area (Å²) in [5.74, 6) is 0.579. The second-order valence-electron chi connectivity index (χ2n) is 4.44. The summed E-state index contributed by atoms with van der Waals surface area (Å²) in [4.78, 5) is 4.50. The molecule has 0 unspecified atom stereocenters. The molecule has 0 aliphatic carbocycles. The maximum absolute atomic E-state index is 9.72. The van der Waals surface area contributed by atoms with Crippen molar-refractivity contribution in [3.05, 3.63) is 54.5 Å². The van der Waals surface area contributed by atoms with Crippen LogP contribution >= 0.6 is 0 Å². The number of hydrogen-bond acceptors (Lipinski definition) is 4. The van der Waals surface area contributed by atoms with Gasteiger partial charge in [-0.3, -0.25) is 0 Å². The van der Waals surface area contributed by atoms with E-state index in [0.717, 1.165) is 17.0 Å². The van der Waals surface area contributed by atoms with Gasteiger partial charge in [-0.2, -0.15) is 0 Å². The van der Waals surface area contributed by atoms with E-state index in [1.165, 1.54) is 7.11 Å². The number of phenols is 1. The van der Waals surface area contributed by atoms with E-state index in [0.29, 0.717) is 12.3 Å². The minimum Gasteiger partial charge on any atom is -0.504 e. The van der Waals surface area contributed by atoms with Gasteiger partial charge in [0.25, 0.3) is 0 Å². The van der Waals surface area contributed by atoms with E-state index in [9.17, 15) is 5.11 Å². The fourth-order valence-electron chi connectivity index (χ4n) is 2.06. The van der Waals surface area contributed by atoms with Gasteiger partial charge in [0.15, 0.2) is 11.5 Å². The molecule has 5 nitrogen and oxygen atoms in total. The van der Waals surface area contributed by atoms with Crippen molar-refractivity contribution in [1.29, 1.82) is 0 Å². The van der Waals surface area contributed by atoms with Crippen molar-refractivity contribution in [2.75, 3.05) is 12.4 Å². The van der Waals surface area contributed by atoms with Crippen LogP contribution in [0.2, 0.25) is 0 Å². The summed E-state index contributed by atoms with van der Waals surface area (Å²) in [5.41, 5.74) is 2.67. The van der Waals surface area contributed by atoms with Crippen LogP contribution in [0, 0.1) is 0 Å². The van der Waals surface area contributed by atoms with Gasteiger partial charge in [-0.25, -0.2) is 4.98 Å². The largest absolute Gasteiger partial charge is 0.504 e. The lowest BCUT2D eigenvalue weighted by Gasteiger charge is -2.07. The molecule has 20 heavy (non-hydrogen) atoms. The summed E-state index contributed by atoms with van der Waals surface area (Å²) in [6.07, 6.45) is 3.94. The molecule has 0 fully saturated rings. The van der Waals surface area contributed by atoms with Crippen LogP contribution in [0.5, 0.6) is 11.5 Å². The van der Waals surface area contributed by atoms with Gasteiger partial charge in [-0.05, 0) is 24.3 Å². The van der Waals surface area contributed by atoms with Gasteiger partial charge in [0.05, 0.1) is 19.3 Å². The Labute approximate surface area is 116 Å². The van der Waals surface area contributed by atoms with Crippen LogP contribution in [0.4, 0.5) is 5.69 Å². The molecular weight excluding hydrogens is 254 g/mol. The SMILES string of the molecule is COc1ccc(NCc2cn3ccccc3n2)cc1O. The second kappa shape index (κ2) is 5.13. The Balaban J connectivity index is 1.74. The molecule has 0 saturated carbocycles. The number of fused-ring (bicyclic) bond motifs is 1. The maximum atomic E-state index is 9.72. The molecule has 0 atom stereocenters. The van der Waals surface area contributed by atoms with Crippen molar-refractivity contribution in [1.82, 2.24) is 9.38 Å². The van der Waals surface area contributed by atoms with Gasteiger partial charge in [0.2, 0.25) is 0 Å². The highest BCUT2D eigenvalue weighted by atomic mass is 16.5. The monoisotopic (exact) mass is 269 g/mol. The third kappa shape index (κ3) is 2.38. The lowest BCUT2D eigenvalue weighted by Crippen LogP contribution is -1.99. The maximum Gasteiger partial charge on any atom is 0.160 e. The van der Waals surface area contributed by atoms with E-state index >= 15 is 0 Å². The van der Waals surface area contributed by atoms with Crippen molar-refractivity contribution in [3.63, 3.8) is 0 Å². The number of anilines is 1. The van der Waals surface area contributed by atoms with E-state index in [1.54, 1.807) is 12.1 Å². The standard InChI is InChI=1S/C15H15N3O2/c1-20-14-6-5-11(8-13(14)19)16-9-12-10-18-7-3-2-4-15(18)17-12/h2-8,10,16,19H,9H2,1H3. The Morgan fingerprint density at radius 3 is 2.95 bits per heavy atom. The number of hydrogen-bond donors (Lipinski definition) is 2. The fourth-order valence-corrected chi connectivity index (χ4v) is 2.06. The van der Waals surface area contributed by atoms with Gasteiger partial charge in [-0.15, -0.1) is 0 Å². The number of benzene rings is 1. The lowest BCUT2D eigenvalue weighted by atomic mass is 10.2. The molecule has 0 saturated heterocycles. The lowest BCUT2D eigenvalue weighted by molar-refractivity contribution is 0.373. The summed E-state index contributed by atoms with van der Waals surface area (Å²) in [5, 5.41) is 12.9. The van der Waals surface area contributed by atoms with E-state index in [1.807, 2.05) is 41.1 Å². The number of nitrogens with one attached hydrogen (secondary N) is 1. The Kier molecular flexibility index (Phi) is 3.16. The van der Waals surface area contributed by atoms with Crippen LogP contribution in [-0.2, 0) is 6.54 Å². The predicted octanol–water partition coefficient (Wildman–Crippen LogP) is 2.66. The van der Waals surface area contributed by atoms with Gasteiger partial charge >= 0.3 is 0 Å². The third-order valence-electron chi connectivity index (χ3n) is 3.07. The molecule has 0 bridgehead atoms. The molecule has 3 rings (SSSR count). The number of methoxy groups -OCH3 is 1. The fraction of sp³-hybridized carbons (Fsp3) is 0.133. The van der Waals surface area contributed by atoms with Crippen LogP contribution in [-0.4, -0.2) is 21.6 Å². The molecule has 2 N–H and O–H groups in total. The Morgan fingerprint density at radius 2 is 2.20 bits per heavy atom. The summed E-state index contributed by atoms with van der Waals surface area (Å²) in [6, 6.07) is 11.1. The van der Waals surface area contributed by atoms with Gasteiger partial charge in [-0.1, -0.05) is 6.07 Å². The number of pyridine rings is 1. The summed E-state index contributed by atoms with van der Waals surface area (Å²) >= 11 is 0. The third-order valence-corrected chi connectivity index (χ3v) is 3.07. The smallest absolute Gasteiger partial charge is 0.160 e. The number of nitrogens with zero attached hydrogens (tertiary/aromatic N) is 2. The zero-order valence-electron chi connectivity index (χ0n) is 11.1. The van der Waals surface area contributed by atoms with Crippen molar-refractivity contribution >= 4 is 11.3 Å². The van der Waals surface area contributed by atoms with Crippen LogP contribution in [0.1, 0.15) is 5.69 Å². The quantitative estimate of drug-likeness (QED) is 0.764. The Morgan fingerprint density at radius 1 is 1.30 bits per heavy atom. The van der Waals surface area contributed by atoms with Crippen LogP contribution < -0.4 is 10.1 Å². The highest BCUT2D eigenvalue weighted by molar-refractivity contribution is 5.54. The number of phenolic OH excluding ortho intramolecular Hbond substituents is 1. The number of aromatic hydroxyl groups is 1. The summed E-state index contributed by atoms with van der Waals surface area (Å²) in [6.45, 7) is 0.591. The molecule has 0 amide bonds. The average Bonchev–Trinajstić information content (AvgIpc) is 2.88. The summed E-state index contributed by atoms with van der Waals surface area (Å²) in [7, 11) is 1.53. The van der Waals surface area contributed by atoms with E-state index < -0.39 is 0 Å². The second-order valence-corrected chi connectivity index (χ2v) is 4.44. The Hall–Kier alpha value is -2.69. The molecule has 0 aliphatic rings. The number of ether oxygens (including phenoxy) is 1. The minimum absolute atomic E-state index is 0.118. The van der Waals surface area contributed by atoms with Crippen molar-refractivity contribution in [2.45, 2.75) is 6.54 Å². The topological polar surface area (TPSA) is 58.8 Å². The average molecular weight is 269 g/mol. The van der Waals surface area contributed by atoms with Gasteiger partial charge in [0.1, 0.15) is 5.65 Å². The molecule has 3 aromatic rings. The first-order valence-electron chi connectivity index (χ1n) is 6.30. The molecule has 0 radical (unpaired) electrons. The van der Waals surface area contributed by atoms with E-state index in [4.69, 9.17) is 4.74 Å². The Bertz CT molecular complexity index is 704. The molecule has 2 heterocycles. The molecule has 0 spiro atoms. The molecule has 1 aromatic carbocycles. The zero-order valence-corrected chi connectivity index (χ0v) is 11.1. The highest BCUT2D eigenvalue weighted by Crippen LogP contribution is 2.28.